The fourth-order valence-electron chi connectivity index (χ4n) is 3.48. The van der Waals surface area contributed by atoms with Gasteiger partial charge in [-0.1, -0.05) is 19.4 Å². The molecule has 0 spiro atoms. The van der Waals surface area contributed by atoms with Crippen molar-refractivity contribution < 1.29 is 0 Å². The van der Waals surface area contributed by atoms with Crippen molar-refractivity contribution >= 4 is 12.6 Å². The van der Waals surface area contributed by atoms with Crippen LogP contribution < -0.4 is 0 Å². The van der Waals surface area contributed by atoms with Crippen molar-refractivity contribution in [2.45, 2.75) is 65.2 Å². The van der Waals surface area contributed by atoms with E-state index in [9.17, 15) is 0 Å². The molecule has 0 aliphatic carbocycles. The van der Waals surface area contributed by atoms with Gasteiger partial charge < -0.3 is 4.90 Å². The third-order valence-electron chi connectivity index (χ3n) is 5.05. The largest absolute Gasteiger partial charge is 0.302 e. The van der Waals surface area contributed by atoms with E-state index < -0.39 is 0 Å². The van der Waals surface area contributed by atoms with Crippen LogP contribution in [0.4, 0.5) is 0 Å². The van der Waals surface area contributed by atoms with Crippen LogP contribution in [-0.4, -0.2) is 47.9 Å². The molecule has 2 rings (SSSR count). The second-order valence-electron chi connectivity index (χ2n) is 7.02. The van der Waals surface area contributed by atoms with Crippen molar-refractivity contribution in [2.75, 3.05) is 32.7 Å². The molecule has 0 aromatic rings. The summed E-state index contributed by atoms with van der Waals surface area (Å²) >= 11 is 4.54. The average molecular weight is 327 g/mol. The van der Waals surface area contributed by atoms with Crippen molar-refractivity contribution in [1.82, 2.24) is 9.80 Å². The number of nitrogens with zero attached hydrogens (tertiary/aromatic N) is 2. The highest BCUT2D eigenvalue weighted by atomic mass is 32.1. The van der Waals surface area contributed by atoms with Gasteiger partial charge in [0.25, 0.3) is 0 Å². The van der Waals surface area contributed by atoms with Crippen LogP contribution in [0.2, 0.25) is 0 Å². The second-order valence-corrected chi connectivity index (χ2v) is 7.77. The van der Waals surface area contributed by atoms with Gasteiger partial charge in [-0.3, -0.25) is 4.90 Å². The van der Waals surface area contributed by atoms with E-state index in [4.69, 9.17) is 0 Å². The summed E-state index contributed by atoms with van der Waals surface area (Å²) in [5, 5.41) is 0.435. The lowest BCUT2D eigenvalue weighted by Gasteiger charge is -2.41. The van der Waals surface area contributed by atoms with Crippen molar-refractivity contribution in [2.24, 2.45) is 11.8 Å². The molecular formula is C19H38N2S. The maximum Gasteiger partial charge on any atom is 0.0499 e. The molecule has 0 amide bonds. The molecule has 2 heterocycles. The van der Waals surface area contributed by atoms with E-state index in [1.165, 1.54) is 70.4 Å². The predicted octanol–water partition coefficient (Wildman–Crippen LogP) is 4.68. The van der Waals surface area contributed by atoms with Crippen LogP contribution >= 0.6 is 12.6 Å². The van der Waals surface area contributed by atoms with Crippen LogP contribution in [-0.2, 0) is 0 Å². The quantitative estimate of drug-likeness (QED) is 0.536. The Hall–Kier alpha value is 0.0100. The Morgan fingerprint density at radius 3 is 2.18 bits per heavy atom. The molecule has 1 unspecified atom stereocenters. The van der Waals surface area contributed by atoms with Crippen LogP contribution in [0.1, 0.15) is 59.8 Å². The zero-order chi connectivity index (χ0) is 16.5. The molecule has 130 valence electrons. The Kier molecular flexibility index (Phi) is 9.77. The molecule has 0 radical (unpaired) electrons. The summed E-state index contributed by atoms with van der Waals surface area (Å²) in [6, 6.07) is 0. The average Bonchev–Trinajstić information content (AvgIpc) is 2.47. The van der Waals surface area contributed by atoms with Gasteiger partial charge in [0.1, 0.15) is 0 Å². The summed E-state index contributed by atoms with van der Waals surface area (Å²) in [6.45, 7) is 18.7. The molecule has 2 nitrogen and oxygen atoms in total. The van der Waals surface area contributed by atoms with Gasteiger partial charge in [-0.15, -0.1) is 6.58 Å². The monoisotopic (exact) mass is 326 g/mol. The molecule has 0 bridgehead atoms. The highest BCUT2D eigenvalue weighted by Crippen LogP contribution is 2.28. The maximum absolute atomic E-state index is 4.54. The molecule has 2 fully saturated rings. The zero-order valence-electron chi connectivity index (χ0n) is 15.4. The third kappa shape index (κ3) is 7.06. The minimum absolute atomic E-state index is 0.435. The lowest BCUT2D eigenvalue weighted by atomic mass is 9.86. The molecule has 0 saturated carbocycles. The first-order valence-corrected chi connectivity index (χ1v) is 9.85. The fraction of sp³-hybridized carbons (Fsp3) is 0.895. The van der Waals surface area contributed by atoms with Gasteiger partial charge in [-0.05, 0) is 70.9 Å². The number of thiol groups is 1. The van der Waals surface area contributed by atoms with E-state index in [1.807, 2.05) is 13.8 Å². The molecule has 22 heavy (non-hydrogen) atoms. The number of hydrogen-bond donors (Lipinski definition) is 1. The number of piperidine rings is 1. The van der Waals surface area contributed by atoms with E-state index in [0.29, 0.717) is 5.37 Å². The fourth-order valence-corrected chi connectivity index (χ4v) is 3.71. The lowest BCUT2D eigenvalue weighted by molar-refractivity contribution is 0.0847. The number of rotatable bonds is 7. The molecule has 1 atom stereocenters. The number of hydrogen-bond acceptors (Lipinski definition) is 3. The van der Waals surface area contributed by atoms with Crippen molar-refractivity contribution in [3.63, 3.8) is 0 Å². The van der Waals surface area contributed by atoms with Crippen molar-refractivity contribution in [1.29, 1.82) is 0 Å². The zero-order valence-corrected chi connectivity index (χ0v) is 16.2. The minimum Gasteiger partial charge on any atom is -0.302 e. The summed E-state index contributed by atoms with van der Waals surface area (Å²) in [5.41, 5.74) is 1.32. The SMILES string of the molecule is C=C(C)CCN1CC(CCC2CCN(C(C)S)CC2)C1.CC. The highest BCUT2D eigenvalue weighted by Gasteiger charge is 2.27. The van der Waals surface area contributed by atoms with Gasteiger partial charge in [-0.2, -0.15) is 12.6 Å². The summed E-state index contributed by atoms with van der Waals surface area (Å²) in [6.07, 6.45) is 6.85. The van der Waals surface area contributed by atoms with Crippen molar-refractivity contribution in [3.05, 3.63) is 12.2 Å². The summed E-state index contributed by atoms with van der Waals surface area (Å²) in [7, 11) is 0. The molecule has 0 aromatic carbocycles. The molecule has 2 aliphatic rings. The first kappa shape index (κ1) is 20.1. The summed E-state index contributed by atoms with van der Waals surface area (Å²) < 4.78 is 0. The summed E-state index contributed by atoms with van der Waals surface area (Å²) in [4.78, 5) is 5.09. The standard InChI is InChI=1S/C17H32N2S.C2H6/c1-14(2)6-9-18-12-17(13-18)5-4-16-7-10-19(11-8-16)15(3)20;1-2/h15-17,20H,1,4-13H2,2-3H3;1-2H3. The van der Waals surface area contributed by atoms with Crippen LogP contribution in [0.15, 0.2) is 12.2 Å². The molecule has 2 aliphatic heterocycles. The van der Waals surface area contributed by atoms with E-state index in [1.54, 1.807) is 0 Å². The van der Waals surface area contributed by atoms with Gasteiger partial charge in [0.2, 0.25) is 0 Å². The van der Waals surface area contributed by atoms with E-state index >= 15 is 0 Å². The van der Waals surface area contributed by atoms with Crippen LogP contribution in [0, 0.1) is 11.8 Å². The first-order chi connectivity index (χ1) is 10.5. The Bertz CT molecular complexity index is 303. The Balaban J connectivity index is 0.00000116. The Morgan fingerprint density at radius 1 is 1.14 bits per heavy atom. The van der Waals surface area contributed by atoms with E-state index in [-0.39, 0.29) is 0 Å². The Labute approximate surface area is 144 Å². The Morgan fingerprint density at radius 2 is 1.68 bits per heavy atom. The molecule has 0 aromatic heterocycles. The molecule has 0 N–H and O–H groups in total. The predicted molar refractivity (Wildman–Crippen MR) is 103 cm³/mol. The van der Waals surface area contributed by atoms with E-state index in [0.717, 1.165) is 11.8 Å². The number of likely N-dealkylation sites (tertiary alicyclic amines) is 2. The smallest absolute Gasteiger partial charge is 0.0499 e. The highest BCUT2D eigenvalue weighted by molar-refractivity contribution is 7.80. The molecular weight excluding hydrogens is 288 g/mol. The van der Waals surface area contributed by atoms with Gasteiger partial charge in [0, 0.05) is 25.0 Å². The summed E-state index contributed by atoms with van der Waals surface area (Å²) in [5.74, 6) is 1.95. The van der Waals surface area contributed by atoms with Gasteiger partial charge >= 0.3 is 0 Å². The van der Waals surface area contributed by atoms with E-state index in [2.05, 4.69) is 42.9 Å². The van der Waals surface area contributed by atoms with Gasteiger partial charge in [-0.25, -0.2) is 0 Å². The minimum atomic E-state index is 0.435. The molecule has 2 saturated heterocycles. The van der Waals surface area contributed by atoms with Crippen LogP contribution in [0.3, 0.4) is 0 Å². The second kappa shape index (κ2) is 10.7. The van der Waals surface area contributed by atoms with Gasteiger partial charge in [0.15, 0.2) is 0 Å². The van der Waals surface area contributed by atoms with Gasteiger partial charge in [0.05, 0.1) is 0 Å². The van der Waals surface area contributed by atoms with Crippen LogP contribution in [0.25, 0.3) is 0 Å². The third-order valence-corrected chi connectivity index (χ3v) is 5.37. The van der Waals surface area contributed by atoms with Crippen LogP contribution in [0.5, 0.6) is 0 Å². The topological polar surface area (TPSA) is 6.48 Å². The lowest BCUT2D eigenvalue weighted by Crippen LogP contribution is -2.47. The molecule has 3 heteroatoms. The normalized spacial score (nSPS) is 22.6. The van der Waals surface area contributed by atoms with Crippen molar-refractivity contribution in [3.8, 4) is 0 Å². The maximum atomic E-state index is 4.54. The first-order valence-electron chi connectivity index (χ1n) is 9.33.